The molecule has 1 aliphatic heterocycles. The summed E-state index contributed by atoms with van der Waals surface area (Å²) in [7, 11) is 0. The Morgan fingerprint density at radius 2 is 1.92 bits per heavy atom. The van der Waals surface area contributed by atoms with Crippen molar-refractivity contribution in [3.05, 3.63) is 29.8 Å². The maximum absolute atomic E-state index is 12.4. The number of nitrogens with zero attached hydrogens (tertiary/aromatic N) is 1. The predicted molar refractivity (Wildman–Crippen MR) is 99.2 cm³/mol. The molecule has 1 atom stereocenters. The second kappa shape index (κ2) is 9.94. The smallest absolute Gasteiger partial charge is 0.260 e. The molecule has 0 bridgehead atoms. The van der Waals surface area contributed by atoms with Gasteiger partial charge in [-0.05, 0) is 43.5 Å². The van der Waals surface area contributed by atoms with Gasteiger partial charge in [0.05, 0.1) is 5.92 Å². The summed E-state index contributed by atoms with van der Waals surface area (Å²) < 4.78 is 5.55. The van der Waals surface area contributed by atoms with Crippen molar-refractivity contribution in [1.29, 1.82) is 0 Å². The van der Waals surface area contributed by atoms with Gasteiger partial charge in [-0.15, -0.1) is 0 Å². The molecule has 1 aromatic rings. The van der Waals surface area contributed by atoms with Gasteiger partial charge in [-0.3, -0.25) is 14.4 Å². The number of Topliss-reactive ketones (excluding diaryl/α,β-unsaturated/α-hetero) is 1. The van der Waals surface area contributed by atoms with E-state index in [4.69, 9.17) is 4.74 Å². The van der Waals surface area contributed by atoms with Crippen molar-refractivity contribution in [2.75, 3.05) is 26.2 Å². The lowest BCUT2D eigenvalue weighted by Gasteiger charge is -2.32. The van der Waals surface area contributed by atoms with Gasteiger partial charge in [0.2, 0.25) is 5.91 Å². The van der Waals surface area contributed by atoms with Crippen LogP contribution in [0.5, 0.6) is 5.75 Å². The number of likely N-dealkylation sites (tertiary alicyclic amines) is 1. The number of benzene rings is 1. The van der Waals surface area contributed by atoms with Crippen molar-refractivity contribution >= 4 is 17.6 Å². The van der Waals surface area contributed by atoms with Crippen LogP contribution in [0.3, 0.4) is 0 Å². The van der Waals surface area contributed by atoms with Crippen molar-refractivity contribution < 1.29 is 19.1 Å². The number of nitrogens with one attached hydrogen (secondary N) is 1. The fourth-order valence-corrected chi connectivity index (χ4v) is 2.99. The van der Waals surface area contributed by atoms with Gasteiger partial charge in [0.25, 0.3) is 5.91 Å². The van der Waals surface area contributed by atoms with E-state index in [0.717, 1.165) is 19.3 Å². The van der Waals surface area contributed by atoms with Crippen LogP contribution in [0, 0.1) is 5.92 Å². The number of hydrogen-bond donors (Lipinski definition) is 1. The Morgan fingerprint density at radius 1 is 1.19 bits per heavy atom. The molecule has 1 aliphatic rings. The van der Waals surface area contributed by atoms with E-state index in [2.05, 4.69) is 5.32 Å². The molecule has 1 heterocycles. The topological polar surface area (TPSA) is 75.7 Å². The summed E-state index contributed by atoms with van der Waals surface area (Å²) in [5, 5.41) is 2.90. The number of piperidine rings is 1. The Labute approximate surface area is 154 Å². The van der Waals surface area contributed by atoms with Gasteiger partial charge in [0, 0.05) is 31.6 Å². The highest BCUT2D eigenvalue weighted by atomic mass is 16.5. The number of rotatable bonds is 8. The van der Waals surface area contributed by atoms with Crippen LogP contribution in [-0.4, -0.2) is 48.7 Å². The maximum atomic E-state index is 12.4. The van der Waals surface area contributed by atoms with Crippen LogP contribution in [0.4, 0.5) is 0 Å². The molecule has 0 spiro atoms. The lowest BCUT2D eigenvalue weighted by molar-refractivity contribution is -0.137. The van der Waals surface area contributed by atoms with Crippen LogP contribution in [0.15, 0.2) is 24.3 Å². The van der Waals surface area contributed by atoms with Gasteiger partial charge >= 0.3 is 0 Å². The van der Waals surface area contributed by atoms with Gasteiger partial charge in [-0.2, -0.15) is 0 Å². The van der Waals surface area contributed by atoms with Crippen molar-refractivity contribution in [2.24, 2.45) is 5.92 Å². The number of carbonyl (C=O) groups excluding carboxylic acids is 3. The van der Waals surface area contributed by atoms with E-state index in [1.165, 1.54) is 0 Å². The molecule has 0 aromatic heterocycles. The third-order valence-electron chi connectivity index (χ3n) is 4.55. The van der Waals surface area contributed by atoms with Crippen molar-refractivity contribution in [3.8, 4) is 5.75 Å². The summed E-state index contributed by atoms with van der Waals surface area (Å²) in [6.07, 6.45) is 3.00. The lowest BCUT2D eigenvalue weighted by atomic mass is 9.97. The maximum Gasteiger partial charge on any atom is 0.260 e. The normalized spacial score (nSPS) is 16.8. The summed E-state index contributed by atoms with van der Waals surface area (Å²) in [5.41, 5.74) is 0.642. The first-order valence-electron chi connectivity index (χ1n) is 9.36. The van der Waals surface area contributed by atoms with E-state index < -0.39 is 0 Å². The highest BCUT2D eigenvalue weighted by Gasteiger charge is 2.28. The molecule has 1 fully saturated rings. The molecule has 2 rings (SSSR count). The zero-order chi connectivity index (χ0) is 18.9. The molecule has 6 heteroatoms. The van der Waals surface area contributed by atoms with Crippen LogP contribution in [0.25, 0.3) is 0 Å². The van der Waals surface area contributed by atoms with E-state index in [1.54, 1.807) is 29.2 Å². The van der Waals surface area contributed by atoms with E-state index in [-0.39, 0.29) is 30.1 Å². The minimum Gasteiger partial charge on any atom is -0.484 e. The van der Waals surface area contributed by atoms with Crippen LogP contribution < -0.4 is 10.1 Å². The average Bonchev–Trinajstić information content (AvgIpc) is 2.70. The average molecular weight is 360 g/mol. The first-order chi connectivity index (χ1) is 12.5. The third kappa shape index (κ3) is 5.58. The summed E-state index contributed by atoms with van der Waals surface area (Å²) in [6.45, 7) is 5.54. The molecule has 1 unspecified atom stereocenters. The molecule has 1 saturated heterocycles. The van der Waals surface area contributed by atoms with Gasteiger partial charge < -0.3 is 15.0 Å². The van der Waals surface area contributed by atoms with Crippen molar-refractivity contribution in [2.45, 2.75) is 39.5 Å². The number of ether oxygens (including phenoxy) is 1. The monoisotopic (exact) mass is 360 g/mol. The van der Waals surface area contributed by atoms with E-state index in [0.29, 0.717) is 37.4 Å². The molecule has 0 aliphatic carbocycles. The second-order valence-corrected chi connectivity index (χ2v) is 6.56. The number of amides is 2. The van der Waals surface area contributed by atoms with Crippen molar-refractivity contribution in [3.63, 3.8) is 0 Å². The lowest BCUT2D eigenvalue weighted by Crippen LogP contribution is -2.46. The number of hydrogen-bond acceptors (Lipinski definition) is 4. The number of ketones is 1. The van der Waals surface area contributed by atoms with Crippen LogP contribution >= 0.6 is 0 Å². The van der Waals surface area contributed by atoms with Crippen molar-refractivity contribution in [1.82, 2.24) is 10.2 Å². The Bertz CT molecular complexity index is 627. The van der Waals surface area contributed by atoms with Gasteiger partial charge in [-0.25, -0.2) is 0 Å². The molecular weight excluding hydrogens is 332 g/mol. The highest BCUT2D eigenvalue weighted by Crippen LogP contribution is 2.18. The summed E-state index contributed by atoms with van der Waals surface area (Å²) in [6, 6.07) is 6.82. The molecule has 1 aromatic carbocycles. The number of carbonyl (C=O) groups is 3. The van der Waals surface area contributed by atoms with Crippen LogP contribution in [0.1, 0.15) is 49.9 Å². The fraction of sp³-hybridized carbons (Fsp3) is 0.550. The summed E-state index contributed by atoms with van der Waals surface area (Å²) in [4.78, 5) is 37.8. The first kappa shape index (κ1) is 19.9. The molecular formula is C20H28N2O4. The zero-order valence-electron chi connectivity index (χ0n) is 15.6. The SMILES string of the molecule is CCCNC(=O)C1CCCN(C(=O)COc2ccc(C(=O)CC)cc2)C1. The van der Waals surface area contributed by atoms with E-state index >= 15 is 0 Å². The minimum absolute atomic E-state index is 0.0291. The van der Waals surface area contributed by atoms with Crippen LogP contribution in [-0.2, 0) is 9.59 Å². The Kier molecular flexibility index (Phi) is 7.63. The standard InChI is InChI=1S/C20H28N2O4/c1-3-11-21-20(25)16-6-5-12-22(13-16)19(24)14-26-17-9-7-15(8-10-17)18(23)4-2/h7-10,16H,3-6,11-14H2,1-2H3,(H,21,25). The first-order valence-corrected chi connectivity index (χ1v) is 9.36. The van der Waals surface area contributed by atoms with Crippen LogP contribution in [0.2, 0.25) is 0 Å². The van der Waals surface area contributed by atoms with Gasteiger partial charge in [0.15, 0.2) is 12.4 Å². The molecule has 6 nitrogen and oxygen atoms in total. The molecule has 1 N–H and O–H groups in total. The molecule has 0 saturated carbocycles. The zero-order valence-corrected chi connectivity index (χ0v) is 15.6. The van der Waals surface area contributed by atoms with E-state index in [1.807, 2.05) is 13.8 Å². The summed E-state index contributed by atoms with van der Waals surface area (Å²) >= 11 is 0. The molecule has 2 amide bonds. The quantitative estimate of drug-likeness (QED) is 0.723. The van der Waals surface area contributed by atoms with E-state index in [9.17, 15) is 14.4 Å². The molecule has 26 heavy (non-hydrogen) atoms. The van der Waals surface area contributed by atoms with Gasteiger partial charge in [-0.1, -0.05) is 13.8 Å². The van der Waals surface area contributed by atoms with Gasteiger partial charge in [0.1, 0.15) is 5.75 Å². The fourth-order valence-electron chi connectivity index (χ4n) is 2.99. The Balaban J connectivity index is 1.83. The second-order valence-electron chi connectivity index (χ2n) is 6.56. The minimum atomic E-state index is -0.140. The molecule has 0 radical (unpaired) electrons. The molecule has 142 valence electrons. The predicted octanol–water partition coefficient (Wildman–Crippen LogP) is 2.42. The third-order valence-corrected chi connectivity index (χ3v) is 4.55. The highest BCUT2D eigenvalue weighted by molar-refractivity contribution is 5.95. The summed E-state index contributed by atoms with van der Waals surface area (Å²) in [5.74, 6) is 0.403. The largest absolute Gasteiger partial charge is 0.484 e. The Morgan fingerprint density at radius 3 is 2.58 bits per heavy atom. The Hall–Kier alpha value is -2.37.